The molecule has 0 spiro atoms. The molecule has 0 saturated carbocycles. The number of nitrogens with one attached hydrogen (secondary N) is 1. The second kappa shape index (κ2) is 5.67. The van der Waals surface area contributed by atoms with Crippen LogP contribution in [0.15, 0.2) is 12.1 Å². The highest BCUT2D eigenvalue weighted by Gasteiger charge is 2.09. The first-order valence-electron chi connectivity index (χ1n) is 4.69. The van der Waals surface area contributed by atoms with Crippen molar-refractivity contribution in [1.29, 1.82) is 0 Å². The second-order valence-electron chi connectivity index (χ2n) is 3.37. The molecular weight excluding hydrogens is 232 g/mol. The summed E-state index contributed by atoms with van der Waals surface area (Å²) in [5.41, 5.74) is 0.104. The molecule has 1 unspecified atom stereocenters. The first-order chi connectivity index (χ1) is 7.52. The maximum atomic E-state index is 10.8. The lowest BCUT2D eigenvalue weighted by Crippen LogP contribution is -2.21. The molecule has 0 aromatic carbocycles. The van der Waals surface area contributed by atoms with Gasteiger partial charge in [0, 0.05) is 13.2 Å². The molecule has 0 aliphatic rings. The minimum Gasteiger partial charge on any atom is -0.478 e. The number of carboxylic acid groups (broad SMARTS) is 1. The van der Waals surface area contributed by atoms with Crippen molar-refractivity contribution in [1.82, 2.24) is 4.98 Å². The van der Waals surface area contributed by atoms with E-state index in [1.165, 1.54) is 12.1 Å². The molecule has 1 aromatic rings. The third kappa shape index (κ3) is 3.67. The predicted molar refractivity (Wildman–Crippen MR) is 61.2 cm³/mol. The first kappa shape index (κ1) is 12.7. The second-order valence-corrected chi connectivity index (χ2v) is 3.76. The zero-order chi connectivity index (χ0) is 12.1. The zero-order valence-corrected chi connectivity index (χ0v) is 9.78. The summed E-state index contributed by atoms with van der Waals surface area (Å²) in [6.45, 7) is 2.39. The van der Waals surface area contributed by atoms with Gasteiger partial charge in [-0.1, -0.05) is 11.6 Å². The summed E-state index contributed by atoms with van der Waals surface area (Å²) >= 11 is 5.71. The van der Waals surface area contributed by atoms with Crippen molar-refractivity contribution in [3.8, 4) is 0 Å². The van der Waals surface area contributed by atoms with Crippen LogP contribution in [0.3, 0.4) is 0 Å². The Balaban J connectivity index is 2.84. The fourth-order valence-corrected chi connectivity index (χ4v) is 1.45. The molecule has 0 aliphatic carbocycles. The van der Waals surface area contributed by atoms with Crippen molar-refractivity contribution in [2.45, 2.75) is 13.0 Å². The van der Waals surface area contributed by atoms with Crippen molar-refractivity contribution >= 4 is 23.4 Å². The Hall–Kier alpha value is -1.33. The molecule has 1 aromatic heterocycles. The van der Waals surface area contributed by atoms with Crippen molar-refractivity contribution in [3.63, 3.8) is 0 Å². The molecule has 0 amide bonds. The molecule has 0 radical (unpaired) electrons. The number of aromatic nitrogens is 1. The molecule has 88 valence electrons. The smallest absolute Gasteiger partial charge is 0.335 e. The first-order valence-corrected chi connectivity index (χ1v) is 5.07. The molecule has 0 saturated heterocycles. The molecule has 6 heteroatoms. The largest absolute Gasteiger partial charge is 0.478 e. The van der Waals surface area contributed by atoms with E-state index in [0.717, 1.165) is 0 Å². The Kier molecular flexibility index (Phi) is 4.52. The number of hydrogen-bond donors (Lipinski definition) is 2. The van der Waals surface area contributed by atoms with Crippen molar-refractivity contribution in [2.75, 3.05) is 19.0 Å². The Bertz CT molecular complexity index is 384. The highest BCUT2D eigenvalue weighted by atomic mass is 35.5. The molecular formula is C10H13ClN2O3. The van der Waals surface area contributed by atoms with Gasteiger partial charge < -0.3 is 15.2 Å². The molecule has 16 heavy (non-hydrogen) atoms. The Labute approximate surface area is 98.4 Å². The van der Waals surface area contributed by atoms with Gasteiger partial charge in [0.2, 0.25) is 0 Å². The number of hydrogen-bond acceptors (Lipinski definition) is 4. The summed E-state index contributed by atoms with van der Waals surface area (Å²) in [5, 5.41) is 12.0. The standard InChI is InChI=1S/C10H13ClN2O3/c1-6(5-16-2)12-9-4-7(10(14)15)3-8(11)13-9/h3-4,6H,5H2,1-2H3,(H,12,13)(H,14,15). The Morgan fingerprint density at radius 3 is 2.94 bits per heavy atom. The van der Waals surface area contributed by atoms with E-state index in [-0.39, 0.29) is 16.8 Å². The van der Waals surface area contributed by atoms with Gasteiger partial charge in [-0.2, -0.15) is 0 Å². The van der Waals surface area contributed by atoms with Crippen LogP contribution in [0.25, 0.3) is 0 Å². The predicted octanol–water partition coefficient (Wildman–Crippen LogP) is 1.88. The number of ether oxygens (including phenoxy) is 1. The number of aromatic carboxylic acids is 1. The van der Waals surface area contributed by atoms with Crippen LogP contribution in [0.5, 0.6) is 0 Å². The molecule has 2 N–H and O–H groups in total. The summed E-state index contributed by atoms with van der Waals surface area (Å²) in [6, 6.07) is 2.76. The molecule has 1 heterocycles. The van der Waals surface area contributed by atoms with Gasteiger partial charge in [-0.3, -0.25) is 0 Å². The average molecular weight is 245 g/mol. The van der Waals surface area contributed by atoms with Gasteiger partial charge in [-0.05, 0) is 19.1 Å². The highest BCUT2D eigenvalue weighted by Crippen LogP contribution is 2.15. The van der Waals surface area contributed by atoms with Crippen molar-refractivity contribution in [3.05, 3.63) is 22.8 Å². The maximum Gasteiger partial charge on any atom is 0.335 e. The van der Waals surface area contributed by atoms with Gasteiger partial charge in [0.15, 0.2) is 0 Å². The van der Waals surface area contributed by atoms with Gasteiger partial charge >= 0.3 is 5.97 Å². The van der Waals surface area contributed by atoms with Crippen LogP contribution in [-0.2, 0) is 4.74 Å². The van der Waals surface area contributed by atoms with E-state index >= 15 is 0 Å². The highest BCUT2D eigenvalue weighted by molar-refractivity contribution is 6.29. The Morgan fingerprint density at radius 1 is 1.69 bits per heavy atom. The van der Waals surface area contributed by atoms with E-state index in [1.54, 1.807) is 7.11 Å². The summed E-state index contributed by atoms with van der Waals surface area (Å²) in [6.07, 6.45) is 0. The quantitative estimate of drug-likeness (QED) is 0.774. The lowest BCUT2D eigenvalue weighted by Gasteiger charge is -2.13. The monoisotopic (exact) mass is 244 g/mol. The number of carboxylic acids is 1. The van der Waals surface area contributed by atoms with Gasteiger partial charge in [0.25, 0.3) is 0 Å². The fourth-order valence-electron chi connectivity index (χ4n) is 1.24. The number of rotatable bonds is 5. The van der Waals surface area contributed by atoms with Gasteiger partial charge in [-0.15, -0.1) is 0 Å². The molecule has 0 aliphatic heterocycles. The zero-order valence-electron chi connectivity index (χ0n) is 9.03. The molecule has 0 bridgehead atoms. The van der Waals surface area contributed by atoms with Crippen LogP contribution in [0.1, 0.15) is 17.3 Å². The summed E-state index contributed by atoms with van der Waals surface area (Å²) in [4.78, 5) is 14.8. The maximum absolute atomic E-state index is 10.8. The number of nitrogens with zero attached hydrogens (tertiary/aromatic N) is 1. The van der Waals surface area contributed by atoms with Gasteiger partial charge in [0.1, 0.15) is 11.0 Å². The van der Waals surface area contributed by atoms with Crippen molar-refractivity contribution < 1.29 is 14.6 Å². The summed E-state index contributed by atoms with van der Waals surface area (Å²) in [5.74, 6) is -0.610. The minimum absolute atomic E-state index is 0.0256. The van der Waals surface area contributed by atoms with Crippen LogP contribution in [0.4, 0.5) is 5.82 Å². The van der Waals surface area contributed by atoms with E-state index in [0.29, 0.717) is 12.4 Å². The lowest BCUT2D eigenvalue weighted by atomic mass is 10.2. The van der Waals surface area contributed by atoms with Crippen LogP contribution >= 0.6 is 11.6 Å². The van der Waals surface area contributed by atoms with E-state index in [4.69, 9.17) is 21.4 Å². The number of halogens is 1. The molecule has 5 nitrogen and oxygen atoms in total. The topological polar surface area (TPSA) is 71.5 Å². The van der Waals surface area contributed by atoms with Crippen molar-refractivity contribution in [2.24, 2.45) is 0 Å². The number of methoxy groups -OCH3 is 1. The third-order valence-electron chi connectivity index (χ3n) is 1.85. The fraction of sp³-hybridized carbons (Fsp3) is 0.400. The average Bonchev–Trinajstić information content (AvgIpc) is 2.16. The van der Waals surface area contributed by atoms with E-state index in [9.17, 15) is 4.79 Å². The summed E-state index contributed by atoms with van der Waals surface area (Å²) in [7, 11) is 1.59. The normalized spacial score (nSPS) is 12.2. The van der Waals surface area contributed by atoms with Crippen LogP contribution in [0.2, 0.25) is 5.15 Å². The summed E-state index contributed by atoms with van der Waals surface area (Å²) < 4.78 is 4.94. The number of anilines is 1. The molecule has 1 rings (SSSR count). The van der Waals surface area contributed by atoms with E-state index in [1.807, 2.05) is 6.92 Å². The van der Waals surface area contributed by atoms with E-state index in [2.05, 4.69) is 10.3 Å². The van der Waals surface area contributed by atoms with Crippen LogP contribution in [0, 0.1) is 0 Å². The molecule has 1 atom stereocenters. The lowest BCUT2D eigenvalue weighted by molar-refractivity contribution is 0.0697. The van der Waals surface area contributed by atoms with E-state index < -0.39 is 5.97 Å². The van der Waals surface area contributed by atoms with Crippen LogP contribution < -0.4 is 5.32 Å². The van der Waals surface area contributed by atoms with Gasteiger partial charge in [0.05, 0.1) is 12.2 Å². The number of carbonyl (C=O) groups is 1. The van der Waals surface area contributed by atoms with Gasteiger partial charge in [-0.25, -0.2) is 9.78 Å². The minimum atomic E-state index is -1.04. The third-order valence-corrected chi connectivity index (χ3v) is 2.05. The Morgan fingerprint density at radius 2 is 2.38 bits per heavy atom. The van der Waals surface area contributed by atoms with Crippen LogP contribution in [-0.4, -0.2) is 35.8 Å². The number of pyridine rings is 1. The SMILES string of the molecule is COCC(C)Nc1cc(C(=O)O)cc(Cl)n1. The molecule has 0 fully saturated rings.